The van der Waals surface area contributed by atoms with Gasteiger partial charge < -0.3 is 19.5 Å². The van der Waals surface area contributed by atoms with Gasteiger partial charge in [0.15, 0.2) is 0 Å². The van der Waals surface area contributed by atoms with Gasteiger partial charge in [0.05, 0.1) is 6.61 Å². The zero-order valence-electron chi connectivity index (χ0n) is 24.0. The maximum Gasteiger partial charge on any atom is 0.305 e. The summed E-state index contributed by atoms with van der Waals surface area (Å²) in [5.41, 5.74) is 0. The Bertz CT molecular complexity index is 458. The minimum absolute atomic E-state index is 0.0159. The van der Waals surface area contributed by atoms with E-state index < -0.39 is 0 Å². The number of aldehydes is 1. The van der Waals surface area contributed by atoms with Gasteiger partial charge in [-0.3, -0.25) is 4.79 Å². The van der Waals surface area contributed by atoms with Crippen molar-refractivity contribution in [3.63, 3.8) is 0 Å². The van der Waals surface area contributed by atoms with Crippen LogP contribution in [0.3, 0.4) is 0 Å². The largest absolute Gasteiger partial charge is 0.466 e. The molecule has 0 unspecified atom stereocenters. The van der Waals surface area contributed by atoms with Gasteiger partial charge in [-0.05, 0) is 51.6 Å². The standard InChI is InChI=1S/C31H61NO4/c1-2-3-4-5-6-7-12-17-22-30-36-31(35)24-18-13-8-9-14-19-25-32(27-23-29-34)26-20-15-10-11-16-21-28-33/h28,34H,2-27,29-30H2,1H3. The van der Waals surface area contributed by atoms with Crippen LogP contribution in [-0.4, -0.2) is 55.1 Å². The minimum Gasteiger partial charge on any atom is -0.466 e. The number of carbonyl (C=O) groups is 2. The molecule has 0 atom stereocenters. The summed E-state index contributed by atoms with van der Waals surface area (Å²) in [6.45, 7) is 6.35. The molecule has 0 rings (SSSR count). The van der Waals surface area contributed by atoms with Crippen LogP contribution in [0.2, 0.25) is 0 Å². The van der Waals surface area contributed by atoms with Crippen LogP contribution < -0.4 is 0 Å². The molecule has 0 aliphatic rings. The van der Waals surface area contributed by atoms with Crippen LogP contribution in [0.15, 0.2) is 0 Å². The van der Waals surface area contributed by atoms with Gasteiger partial charge in [-0.25, -0.2) is 0 Å². The normalized spacial score (nSPS) is 11.3. The Morgan fingerprint density at radius 2 is 1.11 bits per heavy atom. The van der Waals surface area contributed by atoms with Crippen LogP contribution >= 0.6 is 0 Å². The molecule has 0 radical (unpaired) electrons. The predicted molar refractivity (Wildman–Crippen MR) is 152 cm³/mol. The predicted octanol–water partition coefficient (Wildman–Crippen LogP) is 8.02. The lowest BCUT2D eigenvalue weighted by molar-refractivity contribution is -0.143. The third-order valence-electron chi connectivity index (χ3n) is 7.04. The maximum atomic E-state index is 11.9. The van der Waals surface area contributed by atoms with E-state index in [0.29, 0.717) is 19.4 Å². The number of hydrogen-bond donors (Lipinski definition) is 1. The molecule has 0 heterocycles. The average Bonchev–Trinajstić information content (AvgIpc) is 2.88. The van der Waals surface area contributed by atoms with Crippen LogP contribution in [0.4, 0.5) is 0 Å². The number of ether oxygens (including phenoxy) is 1. The number of aliphatic hydroxyl groups is 1. The van der Waals surface area contributed by atoms with Crippen LogP contribution in [0, 0.1) is 0 Å². The Balaban J connectivity index is 3.51. The molecule has 36 heavy (non-hydrogen) atoms. The quantitative estimate of drug-likeness (QED) is 0.0601. The van der Waals surface area contributed by atoms with Crippen molar-refractivity contribution in [1.82, 2.24) is 4.90 Å². The van der Waals surface area contributed by atoms with Gasteiger partial charge in [0.25, 0.3) is 0 Å². The Hall–Kier alpha value is -0.940. The van der Waals surface area contributed by atoms with Gasteiger partial charge >= 0.3 is 5.97 Å². The van der Waals surface area contributed by atoms with Gasteiger partial charge in [0, 0.05) is 26.0 Å². The van der Waals surface area contributed by atoms with Crippen molar-refractivity contribution in [3.05, 3.63) is 0 Å². The molecule has 0 fully saturated rings. The Kier molecular flexibility index (Phi) is 29.5. The number of aliphatic hydroxyl groups excluding tert-OH is 1. The molecular weight excluding hydrogens is 450 g/mol. The Morgan fingerprint density at radius 3 is 1.67 bits per heavy atom. The summed E-state index contributed by atoms with van der Waals surface area (Å²) in [7, 11) is 0. The highest BCUT2D eigenvalue weighted by atomic mass is 16.5. The number of esters is 1. The number of carbonyl (C=O) groups excluding carboxylic acids is 2. The van der Waals surface area contributed by atoms with Crippen molar-refractivity contribution in [2.45, 2.75) is 155 Å². The average molecular weight is 512 g/mol. The Labute approximate surface area is 224 Å². The molecule has 0 aromatic carbocycles. The molecule has 0 spiro atoms. The maximum absolute atomic E-state index is 11.9. The smallest absolute Gasteiger partial charge is 0.305 e. The van der Waals surface area contributed by atoms with Crippen molar-refractivity contribution < 1.29 is 19.4 Å². The van der Waals surface area contributed by atoms with Crippen LogP contribution in [0.25, 0.3) is 0 Å². The van der Waals surface area contributed by atoms with E-state index in [-0.39, 0.29) is 12.6 Å². The summed E-state index contributed by atoms with van der Waals surface area (Å²) in [6.07, 6.45) is 27.5. The summed E-state index contributed by atoms with van der Waals surface area (Å²) < 4.78 is 5.39. The highest BCUT2D eigenvalue weighted by Gasteiger charge is 2.05. The molecule has 5 nitrogen and oxygen atoms in total. The fourth-order valence-electron chi connectivity index (χ4n) is 4.71. The molecular formula is C31H61NO4. The molecule has 0 amide bonds. The summed E-state index contributed by atoms with van der Waals surface area (Å²) in [6, 6.07) is 0. The van der Waals surface area contributed by atoms with Crippen molar-refractivity contribution in [3.8, 4) is 0 Å². The molecule has 5 heteroatoms. The second kappa shape index (κ2) is 30.3. The van der Waals surface area contributed by atoms with Crippen molar-refractivity contribution in [2.24, 2.45) is 0 Å². The summed E-state index contributed by atoms with van der Waals surface area (Å²) in [5.74, 6) is -0.0159. The SMILES string of the molecule is CCCCCCCCCCCOC(=O)CCCCCCCCN(CCCO)CCCCCCCC=O. The van der Waals surface area contributed by atoms with Gasteiger partial charge in [0.1, 0.15) is 6.29 Å². The molecule has 0 saturated heterocycles. The van der Waals surface area contributed by atoms with E-state index in [2.05, 4.69) is 11.8 Å². The number of nitrogens with zero attached hydrogens (tertiary/aromatic N) is 1. The lowest BCUT2D eigenvalue weighted by Gasteiger charge is -2.22. The van der Waals surface area contributed by atoms with E-state index in [4.69, 9.17) is 4.74 Å². The lowest BCUT2D eigenvalue weighted by Crippen LogP contribution is -2.27. The highest BCUT2D eigenvalue weighted by Crippen LogP contribution is 2.12. The van der Waals surface area contributed by atoms with Gasteiger partial charge in [-0.2, -0.15) is 0 Å². The first-order chi connectivity index (χ1) is 17.7. The monoisotopic (exact) mass is 511 g/mol. The minimum atomic E-state index is -0.0159. The van der Waals surface area contributed by atoms with Crippen LogP contribution in [0.1, 0.15) is 155 Å². The second-order valence-corrected chi connectivity index (χ2v) is 10.6. The topological polar surface area (TPSA) is 66.8 Å². The molecule has 0 aromatic rings. The molecule has 0 aliphatic heterocycles. The first kappa shape index (κ1) is 35.1. The van der Waals surface area contributed by atoms with Crippen molar-refractivity contribution in [1.29, 1.82) is 0 Å². The third kappa shape index (κ3) is 27.6. The summed E-state index contributed by atoms with van der Waals surface area (Å²) in [4.78, 5) is 24.8. The number of rotatable bonds is 30. The van der Waals surface area contributed by atoms with Crippen LogP contribution in [-0.2, 0) is 14.3 Å². The van der Waals surface area contributed by atoms with E-state index in [1.54, 1.807) is 0 Å². The zero-order valence-corrected chi connectivity index (χ0v) is 24.0. The second-order valence-electron chi connectivity index (χ2n) is 10.6. The molecule has 0 saturated carbocycles. The summed E-state index contributed by atoms with van der Waals surface area (Å²) >= 11 is 0. The molecule has 1 N–H and O–H groups in total. The van der Waals surface area contributed by atoms with Gasteiger partial charge in [-0.15, -0.1) is 0 Å². The zero-order chi connectivity index (χ0) is 26.4. The van der Waals surface area contributed by atoms with Crippen molar-refractivity contribution >= 4 is 12.3 Å². The molecule has 214 valence electrons. The van der Waals surface area contributed by atoms with E-state index in [1.165, 1.54) is 96.3 Å². The highest BCUT2D eigenvalue weighted by molar-refractivity contribution is 5.69. The number of hydrogen-bond acceptors (Lipinski definition) is 5. The third-order valence-corrected chi connectivity index (χ3v) is 7.04. The Morgan fingerprint density at radius 1 is 0.639 bits per heavy atom. The molecule has 0 aliphatic carbocycles. The van der Waals surface area contributed by atoms with Crippen LogP contribution in [0.5, 0.6) is 0 Å². The van der Waals surface area contributed by atoms with Gasteiger partial charge in [-0.1, -0.05) is 103 Å². The van der Waals surface area contributed by atoms with E-state index in [9.17, 15) is 14.7 Å². The van der Waals surface area contributed by atoms with E-state index >= 15 is 0 Å². The lowest BCUT2D eigenvalue weighted by atomic mass is 10.1. The van der Waals surface area contributed by atoms with E-state index in [1.807, 2.05) is 0 Å². The summed E-state index contributed by atoms with van der Waals surface area (Å²) in [5, 5.41) is 9.17. The number of unbranched alkanes of at least 4 members (excludes halogenated alkanes) is 18. The van der Waals surface area contributed by atoms with Gasteiger partial charge in [0.2, 0.25) is 0 Å². The first-order valence-electron chi connectivity index (χ1n) is 15.7. The fraction of sp³-hybridized carbons (Fsp3) is 0.935. The van der Waals surface area contributed by atoms with Crippen molar-refractivity contribution in [2.75, 3.05) is 32.8 Å². The molecule has 0 aromatic heterocycles. The van der Waals surface area contributed by atoms with E-state index in [0.717, 1.165) is 64.4 Å². The fourth-order valence-corrected chi connectivity index (χ4v) is 4.71. The molecule has 0 bridgehead atoms. The first-order valence-corrected chi connectivity index (χ1v) is 15.7.